The molecule has 0 bridgehead atoms. The summed E-state index contributed by atoms with van der Waals surface area (Å²) in [7, 11) is 0. The van der Waals surface area contributed by atoms with E-state index in [1.54, 1.807) is 0 Å². The molecule has 0 aliphatic carbocycles. The first kappa shape index (κ1) is 12.8. The molecule has 0 aromatic heterocycles. The van der Waals surface area contributed by atoms with Crippen molar-refractivity contribution in [2.24, 2.45) is 10.8 Å². The summed E-state index contributed by atoms with van der Waals surface area (Å²) in [5.74, 6) is 0. The van der Waals surface area contributed by atoms with Crippen LogP contribution in [0.4, 0.5) is 0 Å². The maximum absolute atomic E-state index is 5.49. The zero-order valence-corrected chi connectivity index (χ0v) is 11.0. The van der Waals surface area contributed by atoms with Crippen LogP contribution in [0.15, 0.2) is 12.7 Å². The van der Waals surface area contributed by atoms with Gasteiger partial charge in [0.05, 0.1) is 12.2 Å². The number of epoxide rings is 1. The molecule has 1 rings (SSSR count). The van der Waals surface area contributed by atoms with Gasteiger partial charge in [-0.15, -0.1) is 6.58 Å². The third-order valence-corrected chi connectivity index (χ3v) is 3.14. The zero-order chi connectivity index (χ0) is 11.7. The summed E-state index contributed by atoms with van der Waals surface area (Å²) in [6, 6.07) is 0. The molecule has 0 N–H and O–H groups in total. The first-order chi connectivity index (χ1) is 6.68. The van der Waals surface area contributed by atoms with Crippen molar-refractivity contribution in [3.8, 4) is 0 Å². The summed E-state index contributed by atoms with van der Waals surface area (Å²) < 4.78 is 5.49. The van der Waals surface area contributed by atoms with E-state index in [1.165, 1.54) is 12.8 Å². The van der Waals surface area contributed by atoms with E-state index in [4.69, 9.17) is 4.74 Å². The Morgan fingerprint density at radius 3 is 2.20 bits per heavy atom. The van der Waals surface area contributed by atoms with Crippen molar-refractivity contribution < 1.29 is 4.74 Å². The molecule has 1 heterocycles. The largest absolute Gasteiger partial charge is 0.370 e. The van der Waals surface area contributed by atoms with Crippen LogP contribution in [-0.2, 0) is 4.74 Å². The minimum atomic E-state index is 0.174. The standard InChI is InChI=1S/C14H26O/c1-7-8-12(2,3)9-13(4,5)10-14(6)11-15-14/h7H,1,8-11H2,2-6H3. The fraction of sp³-hybridized carbons (Fsp3) is 0.857. The lowest BCUT2D eigenvalue weighted by Gasteiger charge is -2.35. The van der Waals surface area contributed by atoms with Gasteiger partial charge in [-0.3, -0.25) is 0 Å². The Hall–Kier alpha value is -0.300. The fourth-order valence-corrected chi connectivity index (χ4v) is 3.06. The van der Waals surface area contributed by atoms with Crippen molar-refractivity contribution in [3.05, 3.63) is 12.7 Å². The van der Waals surface area contributed by atoms with Crippen LogP contribution >= 0.6 is 0 Å². The normalized spacial score (nSPS) is 26.5. The molecule has 1 saturated heterocycles. The number of rotatable bonds is 6. The number of hydrogen-bond donors (Lipinski definition) is 0. The third kappa shape index (κ3) is 4.38. The van der Waals surface area contributed by atoms with Gasteiger partial charge in [-0.2, -0.15) is 0 Å². The molecule has 0 radical (unpaired) electrons. The number of hydrogen-bond acceptors (Lipinski definition) is 1. The average Bonchev–Trinajstić information content (AvgIpc) is 2.61. The lowest BCUT2D eigenvalue weighted by molar-refractivity contribution is 0.143. The van der Waals surface area contributed by atoms with Gasteiger partial charge in [0.15, 0.2) is 0 Å². The SMILES string of the molecule is C=CCC(C)(C)CC(C)(C)CC1(C)CO1. The van der Waals surface area contributed by atoms with E-state index in [2.05, 4.69) is 41.2 Å². The molecular weight excluding hydrogens is 184 g/mol. The van der Waals surface area contributed by atoms with E-state index in [1.807, 2.05) is 6.08 Å². The molecule has 0 spiro atoms. The quantitative estimate of drug-likeness (QED) is 0.473. The van der Waals surface area contributed by atoms with Crippen LogP contribution in [0.1, 0.15) is 53.9 Å². The topological polar surface area (TPSA) is 12.5 Å². The second-order valence-electron chi connectivity index (χ2n) is 6.91. The highest BCUT2D eigenvalue weighted by Gasteiger charge is 2.44. The first-order valence-corrected chi connectivity index (χ1v) is 5.93. The van der Waals surface area contributed by atoms with Gasteiger partial charge in [0.1, 0.15) is 0 Å². The predicted octanol–water partition coefficient (Wildman–Crippen LogP) is 4.18. The maximum atomic E-state index is 5.49. The Morgan fingerprint density at radius 1 is 1.27 bits per heavy atom. The molecule has 0 saturated carbocycles. The van der Waals surface area contributed by atoms with Gasteiger partial charge in [0.25, 0.3) is 0 Å². The molecule has 1 atom stereocenters. The Morgan fingerprint density at radius 2 is 1.80 bits per heavy atom. The first-order valence-electron chi connectivity index (χ1n) is 5.93. The number of allylic oxidation sites excluding steroid dienone is 1. The molecule has 1 fully saturated rings. The molecule has 1 nitrogen and oxygen atoms in total. The Kier molecular flexibility index (Phi) is 3.35. The molecule has 0 aromatic rings. The summed E-state index contributed by atoms with van der Waals surface area (Å²) in [5, 5.41) is 0. The van der Waals surface area contributed by atoms with Gasteiger partial charge >= 0.3 is 0 Å². The summed E-state index contributed by atoms with van der Waals surface area (Å²) in [4.78, 5) is 0. The fourth-order valence-electron chi connectivity index (χ4n) is 3.06. The van der Waals surface area contributed by atoms with E-state index in [-0.39, 0.29) is 5.60 Å². The van der Waals surface area contributed by atoms with Crippen molar-refractivity contribution in [1.29, 1.82) is 0 Å². The van der Waals surface area contributed by atoms with E-state index < -0.39 is 0 Å². The van der Waals surface area contributed by atoms with Gasteiger partial charge in [-0.25, -0.2) is 0 Å². The molecule has 1 unspecified atom stereocenters. The molecule has 1 heteroatoms. The Balaban J connectivity index is 2.50. The van der Waals surface area contributed by atoms with Gasteiger partial charge < -0.3 is 4.74 Å². The summed E-state index contributed by atoms with van der Waals surface area (Å²) in [6.07, 6.45) is 5.52. The van der Waals surface area contributed by atoms with Crippen molar-refractivity contribution in [2.45, 2.75) is 59.5 Å². The lowest BCUT2D eigenvalue weighted by Crippen LogP contribution is -2.27. The minimum absolute atomic E-state index is 0.174. The Bertz CT molecular complexity index is 234. The summed E-state index contributed by atoms with van der Waals surface area (Å²) in [5.41, 5.74) is 0.891. The van der Waals surface area contributed by atoms with Crippen LogP contribution in [0.25, 0.3) is 0 Å². The lowest BCUT2D eigenvalue weighted by atomic mass is 9.70. The summed E-state index contributed by atoms with van der Waals surface area (Å²) in [6.45, 7) is 16.4. The van der Waals surface area contributed by atoms with Gasteiger partial charge in [0, 0.05) is 0 Å². The third-order valence-electron chi connectivity index (χ3n) is 3.14. The second-order valence-corrected chi connectivity index (χ2v) is 6.91. The van der Waals surface area contributed by atoms with Crippen LogP contribution < -0.4 is 0 Å². The molecule has 15 heavy (non-hydrogen) atoms. The molecule has 0 aromatic carbocycles. The zero-order valence-electron chi connectivity index (χ0n) is 11.0. The average molecular weight is 210 g/mol. The van der Waals surface area contributed by atoms with Crippen LogP contribution in [0.3, 0.4) is 0 Å². The van der Waals surface area contributed by atoms with Gasteiger partial charge in [0.2, 0.25) is 0 Å². The van der Waals surface area contributed by atoms with Gasteiger partial charge in [-0.1, -0.05) is 33.8 Å². The highest BCUT2D eigenvalue weighted by atomic mass is 16.6. The van der Waals surface area contributed by atoms with Crippen LogP contribution in [-0.4, -0.2) is 12.2 Å². The molecule has 1 aliphatic heterocycles. The number of ether oxygens (including phenoxy) is 1. The smallest absolute Gasteiger partial charge is 0.0893 e. The van der Waals surface area contributed by atoms with Crippen molar-refractivity contribution >= 4 is 0 Å². The molecule has 0 amide bonds. The van der Waals surface area contributed by atoms with Crippen molar-refractivity contribution in [3.63, 3.8) is 0 Å². The van der Waals surface area contributed by atoms with Gasteiger partial charge in [-0.05, 0) is 37.0 Å². The highest BCUT2D eigenvalue weighted by molar-refractivity contribution is 4.94. The van der Waals surface area contributed by atoms with Crippen LogP contribution in [0.2, 0.25) is 0 Å². The van der Waals surface area contributed by atoms with E-state index in [0.29, 0.717) is 10.8 Å². The van der Waals surface area contributed by atoms with Crippen LogP contribution in [0.5, 0.6) is 0 Å². The predicted molar refractivity (Wildman–Crippen MR) is 66.0 cm³/mol. The maximum Gasteiger partial charge on any atom is 0.0893 e. The molecule has 88 valence electrons. The van der Waals surface area contributed by atoms with E-state index >= 15 is 0 Å². The molecular formula is C14H26O. The second kappa shape index (κ2) is 3.93. The van der Waals surface area contributed by atoms with Crippen molar-refractivity contribution in [1.82, 2.24) is 0 Å². The highest BCUT2D eigenvalue weighted by Crippen LogP contribution is 2.45. The van der Waals surface area contributed by atoms with Crippen LogP contribution in [0, 0.1) is 10.8 Å². The van der Waals surface area contributed by atoms with E-state index in [9.17, 15) is 0 Å². The van der Waals surface area contributed by atoms with E-state index in [0.717, 1.165) is 13.0 Å². The molecule has 1 aliphatic rings. The van der Waals surface area contributed by atoms with Crippen molar-refractivity contribution in [2.75, 3.05) is 6.61 Å². The minimum Gasteiger partial charge on any atom is -0.370 e. The monoisotopic (exact) mass is 210 g/mol. The summed E-state index contributed by atoms with van der Waals surface area (Å²) >= 11 is 0. The Labute approximate surface area is 94.9 Å².